The van der Waals surface area contributed by atoms with Crippen molar-refractivity contribution in [3.8, 4) is 11.1 Å². The largest absolute Gasteiger partial charge is 0.332 e. The molecule has 2 saturated heterocycles. The number of benzene rings is 3. The lowest BCUT2D eigenvalue weighted by molar-refractivity contribution is -0.136. The summed E-state index contributed by atoms with van der Waals surface area (Å²) in [6.45, 7) is 1.17. The molecule has 9 nitrogen and oxygen atoms in total. The molecule has 7 rings (SSSR count). The SMILES string of the molecule is O=C(Cc1ccc2cc(-c3ccc(NC(=O)[C@@H]4CCCN4C(=O)Cc4ccccc4)nc3)ccc2n1)[C@@H]1CCCN1C(=O)Cc1ccccc1. The molecule has 0 spiro atoms. The van der Waals surface area contributed by atoms with Gasteiger partial charge in [0.1, 0.15) is 11.9 Å². The molecule has 2 atom stereocenters. The van der Waals surface area contributed by atoms with Crippen LogP contribution < -0.4 is 5.32 Å². The molecule has 1 N–H and O–H groups in total. The highest BCUT2D eigenvalue weighted by Crippen LogP contribution is 2.26. The Labute approximate surface area is 291 Å². The molecule has 5 aromatic rings. The van der Waals surface area contributed by atoms with E-state index in [0.717, 1.165) is 46.0 Å². The number of hydrogen-bond donors (Lipinski definition) is 1. The first-order valence-corrected chi connectivity index (χ1v) is 17.3. The lowest BCUT2D eigenvalue weighted by Crippen LogP contribution is -2.43. The van der Waals surface area contributed by atoms with Crippen LogP contribution in [0.2, 0.25) is 0 Å². The fourth-order valence-corrected chi connectivity index (χ4v) is 7.07. The van der Waals surface area contributed by atoms with Gasteiger partial charge >= 0.3 is 0 Å². The number of hydrogen-bond acceptors (Lipinski definition) is 6. The number of nitrogens with one attached hydrogen (secondary N) is 1. The fourth-order valence-electron chi connectivity index (χ4n) is 7.07. The number of rotatable bonds is 10. The maximum Gasteiger partial charge on any atom is 0.248 e. The Kier molecular flexibility index (Phi) is 9.73. The molecule has 0 aliphatic carbocycles. The van der Waals surface area contributed by atoms with Gasteiger partial charge in [0.25, 0.3) is 0 Å². The number of amides is 3. The van der Waals surface area contributed by atoms with Crippen molar-refractivity contribution in [3.05, 3.63) is 126 Å². The molecular weight excluding hydrogens is 626 g/mol. The predicted molar refractivity (Wildman–Crippen MR) is 192 cm³/mol. The van der Waals surface area contributed by atoms with E-state index in [4.69, 9.17) is 4.98 Å². The van der Waals surface area contributed by atoms with Crippen molar-refractivity contribution in [3.63, 3.8) is 0 Å². The molecule has 4 heterocycles. The van der Waals surface area contributed by atoms with Crippen molar-refractivity contribution in [2.45, 2.75) is 57.0 Å². The van der Waals surface area contributed by atoms with E-state index in [1.54, 1.807) is 22.1 Å². The summed E-state index contributed by atoms with van der Waals surface area (Å²) in [4.78, 5) is 65.2. The quantitative estimate of drug-likeness (QED) is 0.201. The van der Waals surface area contributed by atoms with Crippen LogP contribution in [0.5, 0.6) is 0 Å². The van der Waals surface area contributed by atoms with E-state index in [0.29, 0.717) is 43.9 Å². The molecule has 0 bridgehead atoms. The molecule has 3 amide bonds. The highest BCUT2D eigenvalue weighted by molar-refractivity contribution is 5.97. The highest BCUT2D eigenvalue weighted by Gasteiger charge is 2.35. The van der Waals surface area contributed by atoms with Crippen LogP contribution in [0.25, 0.3) is 22.0 Å². The second kappa shape index (κ2) is 14.8. The zero-order chi connectivity index (χ0) is 34.5. The van der Waals surface area contributed by atoms with Crippen LogP contribution in [0.3, 0.4) is 0 Å². The number of carbonyl (C=O) groups excluding carboxylic acids is 4. The molecule has 252 valence electrons. The number of likely N-dealkylation sites (tertiary alicyclic amines) is 2. The van der Waals surface area contributed by atoms with Crippen molar-refractivity contribution in [2.75, 3.05) is 18.4 Å². The Balaban J connectivity index is 0.961. The number of nitrogens with zero attached hydrogens (tertiary/aromatic N) is 4. The van der Waals surface area contributed by atoms with Crippen LogP contribution in [-0.2, 0) is 38.4 Å². The van der Waals surface area contributed by atoms with Gasteiger partial charge in [-0.05, 0) is 72.7 Å². The minimum atomic E-state index is -0.514. The van der Waals surface area contributed by atoms with Crippen LogP contribution in [0.4, 0.5) is 5.82 Å². The summed E-state index contributed by atoms with van der Waals surface area (Å²) in [5.74, 6) is 0.163. The monoisotopic (exact) mass is 665 g/mol. The summed E-state index contributed by atoms with van der Waals surface area (Å²) in [6, 6.07) is 31.7. The van der Waals surface area contributed by atoms with Gasteiger partial charge in [-0.3, -0.25) is 24.2 Å². The van der Waals surface area contributed by atoms with Gasteiger partial charge in [0, 0.05) is 35.9 Å². The average Bonchev–Trinajstić information content (AvgIpc) is 3.84. The van der Waals surface area contributed by atoms with E-state index in [1.807, 2.05) is 97.1 Å². The molecule has 0 radical (unpaired) electrons. The minimum Gasteiger partial charge on any atom is -0.332 e. The molecule has 0 unspecified atom stereocenters. The summed E-state index contributed by atoms with van der Waals surface area (Å²) in [5, 5.41) is 3.83. The van der Waals surface area contributed by atoms with Crippen molar-refractivity contribution in [1.29, 1.82) is 0 Å². The summed E-state index contributed by atoms with van der Waals surface area (Å²) >= 11 is 0. The smallest absolute Gasteiger partial charge is 0.248 e. The number of anilines is 1. The van der Waals surface area contributed by atoms with Crippen molar-refractivity contribution >= 4 is 40.2 Å². The van der Waals surface area contributed by atoms with Gasteiger partial charge in [0.05, 0.1) is 30.8 Å². The molecule has 2 aliphatic rings. The molecule has 50 heavy (non-hydrogen) atoms. The third kappa shape index (κ3) is 7.47. The normalized spacial score (nSPS) is 17.2. The fraction of sp³-hybridized carbons (Fsp3) is 0.268. The lowest BCUT2D eigenvalue weighted by Gasteiger charge is -2.24. The highest BCUT2D eigenvalue weighted by atomic mass is 16.2. The summed E-state index contributed by atoms with van der Waals surface area (Å²) in [6.07, 6.45) is 5.38. The van der Waals surface area contributed by atoms with E-state index in [-0.39, 0.29) is 36.3 Å². The Hall–Kier alpha value is -5.70. The van der Waals surface area contributed by atoms with Crippen molar-refractivity contribution in [2.24, 2.45) is 0 Å². The molecule has 2 aliphatic heterocycles. The Morgan fingerprint density at radius 3 is 1.92 bits per heavy atom. The Morgan fingerprint density at radius 1 is 0.660 bits per heavy atom. The van der Waals surface area contributed by atoms with Crippen LogP contribution in [-0.4, -0.2) is 68.4 Å². The molecule has 2 fully saturated rings. The van der Waals surface area contributed by atoms with Crippen LogP contribution in [0.1, 0.15) is 42.5 Å². The second-order valence-electron chi connectivity index (χ2n) is 13.1. The molecule has 9 heteroatoms. The second-order valence-corrected chi connectivity index (χ2v) is 13.1. The van der Waals surface area contributed by atoms with Gasteiger partial charge in [0.2, 0.25) is 17.7 Å². The zero-order valence-corrected chi connectivity index (χ0v) is 27.8. The minimum absolute atomic E-state index is 0.0116. The summed E-state index contributed by atoms with van der Waals surface area (Å²) < 4.78 is 0. The maximum atomic E-state index is 13.4. The van der Waals surface area contributed by atoms with E-state index in [2.05, 4.69) is 10.3 Å². The topological polar surface area (TPSA) is 113 Å². The Morgan fingerprint density at radius 2 is 1.28 bits per heavy atom. The Bertz CT molecular complexity index is 2020. The molecule has 0 saturated carbocycles. The third-order valence-electron chi connectivity index (χ3n) is 9.67. The first-order valence-electron chi connectivity index (χ1n) is 17.3. The number of fused-ring (bicyclic) bond motifs is 1. The number of carbonyl (C=O) groups is 4. The van der Waals surface area contributed by atoms with Crippen molar-refractivity contribution < 1.29 is 19.2 Å². The van der Waals surface area contributed by atoms with E-state index in [1.165, 1.54) is 0 Å². The first kappa shape index (κ1) is 32.8. The van der Waals surface area contributed by atoms with Gasteiger partial charge in [0.15, 0.2) is 5.78 Å². The summed E-state index contributed by atoms with van der Waals surface area (Å²) in [5.41, 5.74) is 5.17. The van der Waals surface area contributed by atoms with Gasteiger partial charge in [-0.15, -0.1) is 0 Å². The summed E-state index contributed by atoms with van der Waals surface area (Å²) in [7, 11) is 0. The first-order chi connectivity index (χ1) is 24.4. The average molecular weight is 666 g/mol. The van der Waals surface area contributed by atoms with E-state index in [9.17, 15) is 19.2 Å². The lowest BCUT2D eigenvalue weighted by atomic mass is 10.0. The molecular formula is C41H39N5O4. The van der Waals surface area contributed by atoms with E-state index >= 15 is 0 Å². The molecule has 3 aromatic carbocycles. The number of ketones is 1. The van der Waals surface area contributed by atoms with Gasteiger partial charge < -0.3 is 15.1 Å². The number of pyridine rings is 2. The van der Waals surface area contributed by atoms with Crippen LogP contribution in [0.15, 0.2) is 109 Å². The van der Waals surface area contributed by atoms with Gasteiger partial charge in [-0.25, -0.2) is 4.98 Å². The van der Waals surface area contributed by atoms with Gasteiger partial charge in [-0.1, -0.05) is 72.8 Å². The maximum absolute atomic E-state index is 13.4. The van der Waals surface area contributed by atoms with Crippen LogP contribution in [0, 0.1) is 0 Å². The van der Waals surface area contributed by atoms with Gasteiger partial charge in [-0.2, -0.15) is 0 Å². The van der Waals surface area contributed by atoms with Crippen molar-refractivity contribution in [1.82, 2.24) is 19.8 Å². The number of aromatic nitrogens is 2. The predicted octanol–water partition coefficient (Wildman–Crippen LogP) is 5.81. The van der Waals surface area contributed by atoms with E-state index < -0.39 is 12.1 Å². The zero-order valence-electron chi connectivity index (χ0n) is 27.8. The van der Waals surface area contributed by atoms with Crippen LogP contribution >= 0.6 is 0 Å². The number of Topliss-reactive ketones (excluding diaryl/α,β-unsaturated/α-hetero) is 1. The third-order valence-corrected chi connectivity index (χ3v) is 9.67. The standard InChI is InChI=1S/C41H39N5O4/c47-37(35-13-7-21-45(35)39(48)23-28-9-3-1-4-10-28)26-33-18-15-31-25-30(16-19-34(31)43-33)32-17-20-38(42-27-32)44-41(50)36-14-8-22-46(36)40(49)24-29-11-5-2-6-12-29/h1-6,9-12,15-20,25,27,35-36H,7-8,13-14,21-24,26H2,(H,42,44,50)/t35-,36-/m0/s1. The molecule has 2 aromatic heterocycles.